The van der Waals surface area contributed by atoms with Gasteiger partial charge in [-0.25, -0.2) is 20.0 Å². The fourth-order valence-electron chi connectivity index (χ4n) is 8.12. The number of amidine groups is 2. The number of para-hydroxylation sites is 1. The Kier molecular flexibility index (Phi) is 9.13. The molecule has 3 heterocycles. The van der Waals surface area contributed by atoms with Gasteiger partial charge in [-0.15, -0.1) is 0 Å². The maximum atomic E-state index is 6.70. The number of benzene rings is 8. The van der Waals surface area contributed by atoms with Gasteiger partial charge in [0, 0.05) is 44.2 Å². The Morgan fingerprint density at radius 1 is 0.426 bits per heavy atom. The topological polar surface area (TPSA) is 75.7 Å². The van der Waals surface area contributed by atoms with E-state index >= 15 is 0 Å². The van der Waals surface area contributed by atoms with Gasteiger partial charge in [-0.1, -0.05) is 194 Å². The van der Waals surface area contributed by atoms with Crippen LogP contribution >= 0.6 is 0 Å². The van der Waals surface area contributed by atoms with E-state index in [0.29, 0.717) is 11.7 Å². The molecule has 0 saturated heterocycles. The van der Waals surface area contributed by atoms with E-state index in [1.807, 2.05) is 84.9 Å². The predicted molar refractivity (Wildman–Crippen MR) is 248 cm³/mol. The fraction of sp³-hybridized carbons (Fsp3) is 0.0182. The number of furan rings is 1. The van der Waals surface area contributed by atoms with Gasteiger partial charge in [0.25, 0.3) is 0 Å². The molecule has 0 amide bonds. The number of hydrogen-bond acceptors (Lipinski definition) is 6. The average molecular weight is 784 g/mol. The summed E-state index contributed by atoms with van der Waals surface area (Å²) in [5, 5.41) is 5.76. The summed E-state index contributed by atoms with van der Waals surface area (Å²) in [5.41, 5.74) is 13.6. The highest BCUT2D eigenvalue weighted by Crippen LogP contribution is 2.42. The van der Waals surface area contributed by atoms with Crippen LogP contribution < -0.4 is 5.32 Å². The molecule has 0 saturated carbocycles. The summed E-state index contributed by atoms with van der Waals surface area (Å²) in [4.78, 5) is 20.2. The van der Waals surface area contributed by atoms with Crippen LogP contribution in [0.4, 0.5) is 0 Å². The first-order chi connectivity index (χ1) is 30.2. The molecule has 0 fully saturated rings. The smallest absolute Gasteiger partial charge is 0.160 e. The summed E-state index contributed by atoms with van der Waals surface area (Å²) in [6.45, 7) is 0. The molecule has 6 nitrogen and oxygen atoms in total. The Bertz CT molecular complexity index is 3180. The van der Waals surface area contributed by atoms with Gasteiger partial charge in [0.05, 0.1) is 11.4 Å². The zero-order valence-electron chi connectivity index (χ0n) is 33.0. The molecule has 1 atom stereocenters. The van der Waals surface area contributed by atoms with Gasteiger partial charge in [0.1, 0.15) is 23.2 Å². The van der Waals surface area contributed by atoms with Crippen molar-refractivity contribution in [1.82, 2.24) is 15.3 Å². The molecule has 0 bridgehead atoms. The van der Waals surface area contributed by atoms with E-state index in [0.717, 1.165) is 94.8 Å². The maximum Gasteiger partial charge on any atom is 0.160 e. The van der Waals surface area contributed by atoms with Crippen LogP contribution in [0.15, 0.2) is 227 Å². The van der Waals surface area contributed by atoms with Gasteiger partial charge < -0.3 is 9.73 Å². The van der Waals surface area contributed by atoms with Gasteiger partial charge in [0.2, 0.25) is 0 Å². The SMILES string of the molecule is c1ccc(C2=NC(c3ccccc3)NC(c3ccc(-c4c(-c5ccc(-c6nc(-c7ccccc7)cc(-c7ccccc7)n6)cc5)ccc5c4oc4ccccc45)cc3)=N2)cc1. The number of aromatic nitrogens is 2. The van der Waals surface area contributed by atoms with E-state index in [9.17, 15) is 0 Å². The van der Waals surface area contributed by atoms with E-state index in [1.54, 1.807) is 0 Å². The van der Waals surface area contributed by atoms with Gasteiger partial charge >= 0.3 is 0 Å². The first-order valence-corrected chi connectivity index (χ1v) is 20.4. The molecule has 1 aliphatic rings. The third-order valence-electron chi connectivity index (χ3n) is 11.2. The maximum absolute atomic E-state index is 6.70. The minimum absolute atomic E-state index is 0.279. The summed E-state index contributed by atoms with van der Waals surface area (Å²) >= 11 is 0. The van der Waals surface area contributed by atoms with E-state index in [-0.39, 0.29) is 6.17 Å². The van der Waals surface area contributed by atoms with E-state index in [4.69, 9.17) is 24.4 Å². The quantitative estimate of drug-likeness (QED) is 0.166. The largest absolute Gasteiger partial charge is 0.455 e. The normalized spacial score (nSPS) is 13.7. The van der Waals surface area contributed by atoms with Crippen molar-refractivity contribution < 1.29 is 4.42 Å². The molecule has 6 heteroatoms. The highest BCUT2D eigenvalue weighted by Gasteiger charge is 2.22. The molecule has 61 heavy (non-hydrogen) atoms. The lowest BCUT2D eigenvalue weighted by Crippen LogP contribution is -2.33. The molecule has 10 aromatic rings. The van der Waals surface area contributed by atoms with Crippen molar-refractivity contribution in [3.8, 4) is 56.2 Å². The third-order valence-corrected chi connectivity index (χ3v) is 11.2. The third kappa shape index (κ3) is 6.96. The Morgan fingerprint density at radius 3 is 1.62 bits per heavy atom. The lowest BCUT2D eigenvalue weighted by Gasteiger charge is -2.23. The standard InChI is InChI=1S/C55H37N5O/c1-5-15-37(16-6-1)47-35-48(38-17-7-2-8-18-38)57-52(56-47)42-29-25-36(26-30-42)44-33-34-46-45-23-13-14-24-49(45)61-51(46)50(44)39-27-31-43(32-28-39)55-59-53(40-19-9-3-10-20-40)58-54(60-55)41-21-11-4-12-22-41/h1-35,53H,(H,58,59,60). The average Bonchev–Trinajstić information content (AvgIpc) is 3.73. The van der Waals surface area contributed by atoms with Crippen molar-refractivity contribution in [2.45, 2.75) is 6.17 Å². The first kappa shape index (κ1) is 35.9. The molecule has 0 radical (unpaired) electrons. The summed E-state index contributed by atoms with van der Waals surface area (Å²) in [6.07, 6.45) is -0.279. The van der Waals surface area contributed by atoms with Crippen LogP contribution in [-0.2, 0) is 0 Å². The van der Waals surface area contributed by atoms with Crippen LogP contribution in [0.2, 0.25) is 0 Å². The lowest BCUT2D eigenvalue weighted by atomic mass is 9.91. The molecule has 11 rings (SSSR count). The Morgan fingerprint density at radius 2 is 0.967 bits per heavy atom. The van der Waals surface area contributed by atoms with E-state index < -0.39 is 0 Å². The summed E-state index contributed by atoms with van der Waals surface area (Å²) in [6, 6.07) is 72.8. The highest BCUT2D eigenvalue weighted by molar-refractivity contribution is 6.14. The van der Waals surface area contributed by atoms with Crippen LogP contribution in [-0.4, -0.2) is 21.6 Å². The molecule has 2 aromatic heterocycles. The van der Waals surface area contributed by atoms with Crippen molar-refractivity contribution >= 4 is 33.6 Å². The van der Waals surface area contributed by atoms with Crippen molar-refractivity contribution in [3.05, 3.63) is 229 Å². The molecular formula is C55H37N5O. The number of fused-ring (bicyclic) bond motifs is 3. The number of hydrogen-bond donors (Lipinski definition) is 1. The summed E-state index contributed by atoms with van der Waals surface area (Å²) < 4.78 is 6.70. The number of aliphatic imine (C=N–C) groups is 2. The Hall–Kier alpha value is -8.22. The van der Waals surface area contributed by atoms with Gasteiger partial charge in [0.15, 0.2) is 11.7 Å². The van der Waals surface area contributed by atoms with E-state index in [2.05, 4.69) is 133 Å². The summed E-state index contributed by atoms with van der Waals surface area (Å²) in [7, 11) is 0. The fourth-order valence-corrected chi connectivity index (χ4v) is 8.12. The second-order valence-corrected chi connectivity index (χ2v) is 15.0. The molecule has 0 aliphatic carbocycles. The Labute approximate surface area is 353 Å². The summed E-state index contributed by atoms with van der Waals surface area (Å²) in [5.74, 6) is 2.13. The zero-order chi connectivity index (χ0) is 40.5. The van der Waals surface area contributed by atoms with Gasteiger partial charge in [-0.2, -0.15) is 0 Å². The number of nitrogens with one attached hydrogen (secondary N) is 1. The van der Waals surface area contributed by atoms with E-state index in [1.165, 1.54) is 0 Å². The van der Waals surface area contributed by atoms with Crippen LogP contribution in [0.5, 0.6) is 0 Å². The molecule has 0 spiro atoms. The molecule has 1 aliphatic heterocycles. The van der Waals surface area contributed by atoms with Crippen LogP contribution in [0, 0.1) is 0 Å². The molecule has 1 unspecified atom stereocenters. The lowest BCUT2D eigenvalue weighted by molar-refractivity contribution is 0.670. The first-order valence-electron chi connectivity index (χ1n) is 20.4. The minimum atomic E-state index is -0.279. The molecule has 288 valence electrons. The molecule has 8 aromatic carbocycles. The van der Waals surface area contributed by atoms with Crippen LogP contribution in [0.1, 0.15) is 22.9 Å². The zero-order valence-corrected chi connectivity index (χ0v) is 33.0. The highest BCUT2D eigenvalue weighted by atomic mass is 16.3. The molecule has 1 N–H and O–H groups in total. The second-order valence-electron chi connectivity index (χ2n) is 15.0. The monoisotopic (exact) mass is 783 g/mol. The molecular weight excluding hydrogens is 747 g/mol. The van der Waals surface area contributed by atoms with Crippen molar-refractivity contribution in [1.29, 1.82) is 0 Å². The van der Waals surface area contributed by atoms with Gasteiger partial charge in [-0.3, -0.25) is 0 Å². The second kappa shape index (κ2) is 15.5. The van der Waals surface area contributed by atoms with Crippen molar-refractivity contribution in [2.75, 3.05) is 0 Å². The van der Waals surface area contributed by atoms with Crippen molar-refractivity contribution in [3.63, 3.8) is 0 Å². The predicted octanol–water partition coefficient (Wildman–Crippen LogP) is 13.2. The van der Waals surface area contributed by atoms with Crippen LogP contribution in [0.25, 0.3) is 78.1 Å². The van der Waals surface area contributed by atoms with Gasteiger partial charge in [-0.05, 0) is 40.5 Å². The Balaban J connectivity index is 0.996. The van der Waals surface area contributed by atoms with Crippen molar-refractivity contribution in [2.24, 2.45) is 9.98 Å². The minimum Gasteiger partial charge on any atom is -0.455 e. The number of nitrogens with zero attached hydrogens (tertiary/aromatic N) is 4. The van der Waals surface area contributed by atoms with Crippen LogP contribution in [0.3, 0.4) is 0 Å². The number of rotatable bonds is 8.